The minimum atomic E-state index is -0.472. The number of nitrogens with two attached hydrogens (primary N) is 1. The van der Waals surface area contributed by atoms with Gasteiger partial charge in [0.2, 0.25) is 0 Å². The Hall–Kier alpha value is -3.52. The lowest BCUT2D eigenvalue weighted by Gasteiger charge is -2.10. The Bertz CT molecular complexity index is 934. The quantitative estimate of drug-likeness (QED) is 0.767. The molecule has 1 aromatic heterocycles. The Balaban J connectivity index is 1.97. The van der Waals surface area contributed by atoms with Crippen molar-refractivity contribution in [3.05, 3.63) is 71.4 Å². The van der Waals surface area contributed by atoms with E-state index in [1.165, 1.54) is 0 Å². The van der Waals surface area contributed by atoms with Crippen LogP contribution in [0.5, 0.6) is 11.5 Å². The summed E-state index contributed by atoms with van der Waals surface area (Å²) in [5, 5.41) is 8.85. The van der Waals surface area contributed by atoms with E-state index in [9.17, 15) is 4.79 Å². The van der Waals surface area contributed by atoms with Gasteiger partial charge in [0.05, 0.1) is 22.9 Å². The lowest BCUT2D eigenvalue weighted by Crippen LogP contribution is -2.10. The fraction of sp³-hybridized carbons (Fsp3) is 0.0526. The molecule has 2 aromatic carbocycles. The molecule has 0 saturated carbocycles. The van der Waals surface area contributed by atoms with Gasteiger partial charge >= 0.3 is 0 Å². The summed E-state index contributed by atoms with van der Waals surface area (Å²) in [6.07, 6.45) is 0. The molecule has 0 aliphatic carbocycles. The first-order valence-corrected chi connectivity index (χ1v) is 7.35. The highest BCUT2D eigenvalue weighted by Gasteiger charge is 2.14. The van der Waals surface area contributed by atoms with Crippen LogP contribution in [0.3, 0.4) is 0 Å². The molecule has 3 rings (SSSR count). The maximum atomic E-state index is 11.4. The zero-order chi connectivity index (χ0) is 17.1. The number of rotatable bonds is 4. The van der Waals surface area contributed by atoms with Gasteiger partial charge in [0, 0.05) is 11.3 Å². The number of H-pyrrole nitrogens is 1. The van der Waals surface area contributed by atoms with E-state index in [0.717, 1.165) is 11.3 Å². The molecular weight excluding hydrogens is 302 g/mol. The summed E-state index contributed by atoms with van der Waals surface area (Å²) in [6.45, 7) is 1.80. The standard InChI is InChI=1S/C19H15N3O2/c1-12-16(19(21)23)10-17(22-12)15-4-2-3-5-18(15)24-14-8-6-13(11-20)7-9-14/h2-10,22H,1H3,(H2,21,23). The second-order valence-corrected chi connectivity index (χ2v) is 5.32. The normalized spacial score (nSPS) is 10.2. The van der Waals surface area contributed by atoms with Crippen molar-refractivity contribution in [2.75, 3.05) is 0 Å². The molecule has 0 spiro atoms. The molecule has 5 nitrogen and oxygen atoms in total. The number of hydrogen-bond donors (Lipinski definition) is 2. The number of aryl methyl sites for hydroxylation is 1. The maximum Gasteiger partial charge on any atom is 0.250 e. The number of nitriles is 1. The number of primary amides is 1. The van der Waals surface area contributed by atoms with Crippen LogP contribution in [0.1, 0.15) is 21.6 Å². The summed E-state index contributed by atoms with van der Waals surface area (Å²) < 4.78 is 5.93. The summed E-state index contributed by atoms with van der Waals surface area (Å²) in [6, 6.07) is 18.2. The van der Waals surface area contributed by atoms with Crippen LogP contribution in [0.15, 0.2) is 54.6 Å². The van der Waals surface area contributed by atoms with Gasteiger partial charge in [0.25, 0.3) is 5.91 Å². The molecule has 1 amide bonds. The highest BCUT2D eigenvalue weighted by Crippen LogP contribution is 2.33. The third-order valence-electron chi connectivity index (χ3n) is 3.67. The number of aromatic nitrogens is 1. The number of para-hydroxylation sites is 1. The van der Waals surface area contributed by atoms with Crippen molar-refractivity contribution in [1.29, 1.82) is 5.26 Å². The Kier molecular flexibility index (Phi) is 4.04. The molecule has 0 radical (unpaired) electrons. The third kappa shape index (κ3) is 2.99. The van der Waals surface area contributed by atoms with Gasteiger partial charge < -0.3 is 15.5 Å². The van der Waals surface area contributed by atoms with Crippen molar-refractivity contribution in [1.82, 2.24) is 4.98 Å². The molecule has 0 bridgehead atoms. The predicted octanol–water partition coefficient (Wildman–Crippen LogP) is 3.75. The van der Waals surface area contributed by atoms with E-state index in [-0.39, 0.29) is 0 Å². The maximum absolute atomic E-state index is 11.4. The highest BCUT2D eigenvalue weighted by molar-refractivity contribution is 5.95. The van der Waals surface area contributed by atoms with Gasteiger partial charge in [0.15, 0.2) is 0 Å². The van der Waals surface area contributed by atoms with E-state index in [1.807, 2.05) is 24.3 Å². The molecule has 0 atom stereocenters. The van der Waals surface area contributed by atoms with Crippen LogP contribution >= 0.6 is 0 Å². The molecule has 24 heavy (non-hydrogen) atoms. The molecule has 3 aromatic rings. The Morgan fingerprint density at radius 2 is 1.88 bits per heavy atom. The van der Waals surface area contributed by atoms with E-state index in [2.05, 4.69) is 11.1 Å². The van der Waals surface area contributed by atoms with Crippen LogP contribution in [0.25, 0.3) is 11.3 Å². The largest absolute Gasteiger partial charge is 0.457 e. The average Bonchev–Trinajstić information content (AvgIpc) is 2.98. The lowest BCUT2D eigenvalue weighted by atomic mass is 10.1. The molecule has 1 heterocycles. The second-order valence-electron chi connectivity index (χ2n) is 5.32. The number of carbonyl (C=O) groups excluding carboxylic acids is 1. The Labute approximate surface area is 139 Å². The minimum absolute atomic E-state index is 0.457. The number of aromatic amines is 1. The van der Waals surface area contributed by atoms with Crippen molar-refractivity contribution in [2.45, 2.75) is 6.92 Å². The number of benzene rings is 2. The minimum Gasteiger partial charge on any atom is -0.457 e. The van der Waals surface area contributed by atoms with Crippen LogP contribution in [-0.4, -0.2) is 10.9 Å². The molecule has 0 fully saturated rings. The van der Waals surface area contributed by atoms with Gasteiger partial charge in [-0.25, -0.2) is 0 Å². The second kappa shape index (κ2) is 6.31. The molecule has 118 valence electrons. The first kappa shape index (κ1) is 15.4. The molecule has 0 aliphatic heterocycles. The van der Waals surface area contributed by atoms with E-state index in [4.69, 9.17) is 15.7 Å². The number of ether oxygens (including phenoxy) is 1. The summed E-state index contributed by atoms with van der Waals surface area (Å²) in [4.78, 5) is 14.6. The smallest absolute Gasteiger partial charge is 0.250 e. The summed E-state index contributed by atoms with van der Waals surface area (Å²) in [5.41, 5.74) is 8.69. The summed E-state index contributed by atoms with van der Waals surface area (Å²) >= 11 is 0. The van der Waals surface area contributed by atoms with Gasteiger partial charge in [-0.15, -0.1) is 0 Å². The van der Waals surface area contributed by atoms with E-state index in [1.54, 1.807) is 37.3 Å². The van der Waals surface area contributed by atoms with Crippen LogP contribution in [0.4, 0.5) is 0 Å². The summed E-state index contributed by atoms with van der Waals surface area (Å²) in [5.74, 6) is 0.792. The fourth-order valence-corrected chi connectivity index (χ4v) is 2.46. The number of nitrogens with zero attached hydrogens (tertiary/aromatic N) is 1. The van der Waals surface area contributed by atoms with Crippen molar-refractivity contribution in [3.8, 4) is 28.8 Å². The molecular formula is C19H15N3O2. The van der Waals surface area contributed by atoms with Gasteiger partial charge in [-0.05, 0) is 49.4 Å². The van der Waals surface area contributed by atoms with E-state index < -0.39 is 5.91 Å². The highest BCUT2D eigenvalue weighted by atomic mass is 16.5. The first-order valence-electron chi connectivity index (χ1n) is 7.35. The molecule has 0 aliphatic rings. The van der Waals surface area contributed by atoms with Crippen LogP contribution in [0.2, 0.25) is 0 Å². The van der Waals surface area contributed by atoms with E-state index in [0.29, 0.717) is 28.3 Å². The fourth-order valence-electron chi connectivity index (χ4n) is 2.46. The van der Waals surface area contributed by atoms with Crippen molar-refractivity contribution >= 4 is 5.91 Å². The van der Waals surface area contributed by atoms with Gasteiger partial charge in [-0.2, -0.15) is 5.26 Å². The predicted molar refractivity (Wildman–Crippen MR) is 90.7 cm³/mol. The Morgan fingerprint density at radius 1 is 1.17 bits per heavy atom. The molecule has 0 saturated heterocycles. The van der Waals surface area contributed by atoms with Crippen molar-refractivity contribution in [2.24, 2.45) is 5.73 Å². The third-order valence-corrected chi connectivity index (χ3v) is 3.67. The van der Waals surface area contributed by atoms with Crippen LogP contribution in [-0.2, 0) is 0 Å². The van der Waals surface area contributed by atoms with Crippen molar-refractivity contribution in [3.63, 3.8) is 0 Å². The van der Waals surface area contributed by atoms with Gasteiger partial charge in [-0.1, -0.05) is 12.1 Å². The average molecular weight is 317 g/mol. The first-order chi connectivity index (χ1) is 11.6. The van der Waals surface area contributed by atoms with Gasteiger partial charge in [0.1, 0.15) is 11.5 Å². The zero-order valence-corrected chi connectivity index (χ0v) is 13.0. The number of hydrogen-bond acceptors (Lipinski definition) is 3. The number of nitrogens with one attached hydrogen (secondary N) is 1. The summed E-state index contributed by atoms with van der Waals surface area (Å²) in [7, 11) is 0. The lowest BCUT2D eigenvalue weighted by molar-refractivity contribution is 0.1000. The topological polar surface area (TPSA) is 91.9 Å². The zero-order valence-electron chi connectivity index (χ0n) is 13.0. The molecule has 0 unspecified atom stereocenters. The molecule has 5 heteroatoms. The number of amides is 1. The van der Waals surface area contributed by atoms with Crippen molar-refractivity contribution < 1.29 is 9.53 Å². The van der Waals surface area contributed by atoms with Crippen LogP contribution in [0, 0.1) is 18.3 Å². The number of carbonyl (C=O) groups is 1. The van der Waals surface area contributed by atoms with Gasteiger partial charge in [-0.3, -0.25) is 4.79 Å². The Morgan fingerprint density at radius 3 is 2.50 bits per heavy atom. The van der Waals surface area contributed by atoms with Crippen LogP contribution < -0.4 is 10.5 Å². The SMILES string of the molecule is Cc1[nH]c(-c2ccccc2Oc2ccc(C#N)cc2)cc1C(N)=O. The molecule has 3 N–H and O–H groups in total. The van der Waals surface area contributed by atoms with E-state index >= 15 is 0 Å². The monoisotopic (exact) mass is 317 g/mol.